The molecule has 2 aromatic carbocycles. The highest BCUT2D eigenvalue weighted by atomic mass is 35.5. The summed E-state index contributed by atoms with van der Waals surface area (Å²) in [4.78, 5) is 0. The molecule has 0 aliphatic carbocycles. The van der Waals surface area contributed by atoms with Crippen molar-refractivity contribution in [3.05, 3.63) is 65.2 Å². The van der Waals surface area contributed by atoms with Crippen LogP contribution >= 0.6 is 11.6 Å². The van der Waals surface area contributed by atoms with Gasteiger partial charge in [0.1, 0.15) is 5.75 Å². The van der Waals surface area contributed by atoms with Crippen LogP contribution in [0.3, 0.4) is 0 Å². The monoisotopic (exact) mass is 275 g/mol. The molecule has 0 spiro atoms. The Hall–Kier alpha value is -1.51. The van der Waals surface area contributed by atoms with Gasteiger partial charge in [0.15, 0.2) is 0 Å². The molecule has 19 heavy (non-hydrogen) atoms. The lowest BCUT2D eigenvalue weighted by Crippen LogP contribution is -2.11. The van der Waals surface area contributed by atoms with Gasteiger partial charge >= 0.3 is 0 Å². The van der Waals surface area contributed by atoms with Crippen molar-refractivity contribution in [2.24, 2.45) is 5.73 Å². The molecule has 0 amide bonds. The molecular formula is C16H18ClNO. The fraction of sp³-hybridized carbons (Fsp3) is 0.250. The highest BCUT2D eigenvalue weighted by Crippen LogP contribution is 2.19. The van der Waals surface area contributed by atoms with E-state index in [0.717, 1.165) is 29.2 Å². The van der Waals surface area contributed by atoms with Crippen LogP contribution in [0.15, 0.2) is 54.6 Å². The first-order valence-electron chi connectivity index (χ1n) is 6.44. The third-order valence-corrected chi connectivity index (χ3v) is 3.18. The predicted molar refractivity (Wildman–Crippen MR) is 79.6 cm³/mol. The normalized spacial score (nSPS) is 12.1. The van der Waals surface area contributed by atoms with E-state index in [1.807, 2.05) is 54.6 Å². The van der Waals surface area contributed by atoms with Gasteiger partial charge in [0, 0.05) is 11.1 Å². The SMILES string of the molecule is NC(CCCOc1ccccc1)c1cccc(Cl)c1. The average molecular weight is 276 g/mol. The van der Waals surface area contributed by atoms with Crippen LogP contribution in [0.4, 0.5) is 0 Å². The first-order chi connectivity index (χ1) is 9.25. The maximum atomic E-state index is 6.13. The van der Waals surface area contributed by atoms with Crippen LogP contribution in [0.2, 0.25) is 5.02 Å². The molecule has 3 heteroatoms. The minimum absolute atomic E-state index is 0.0121. The van der Waals surface area contributed by atoms with Gasteiger partial charge in [-0.15, -0.1) is 0 Å². The van der Waals surface area contributed by atoms with Crippen molar-refractivity contribution in [1.29, 1.82) is 0 Å². The Kier molecular flexibility index (Phi) is 5.25. The Labute approximate surface area is 119 Å². The van der Waals surface area contributed by atoms with Crippen LogP contribution in [0.25, 0.3) is 0 Å². The third-order valence-electron chi connectivity index (χ3n) is 2.95. The summed E-state index contributed by atoms with van der Waals surface area (Å²) in [5.41, 5.74) is 7.21. The van der Waals surface area contributed by atoms with Crippen LogP contribution in [-0.2, 0) is 0 Å². The number of nitrogens with two attached hydrogens (primary N) is 1. The number of para-hydroxylation sites is 1. The summed E-state index contributed by atoms with van der Waals surface area (Å²) in [7, 11) is 0. The molecule has 0 fully saturated rings. The highest BCUT2D eigenvalue weighted by molar-refractivity contribution is 6.30. The molecule has 0 saturated carbocycles. The zero-order chi connectivity index (χ0) is 13.5. The van der Waals surface area contributed by atoms with Crippen LogP contribution in [0.5, 0.6) is 5.75 Å². The number of benzene rings is 2. The number of hydrogen-bond donors (Lipinski definition) is 1. The van der Waals surface area contributed by atoms with Gasteiger partial charge < -0.3 is 10.5 Å². The predicted octanol–water partition coefficient (Wildman–Crippen LogP) is 4.20. The third kappa shape index (κ3) is 4.58. The van der Waals surface area contributed by atoms with Crippen LogP contribution in [-0.4, -0.2) is 6.61 Å². The average Bonchev–Trinajstić information content (AvgIpc) is 2.44. The molecule has 1 atom stereocenters. The Morgan fingerprint density at radius 1 is 1.05 bits per heavy atom. The molecule has 0 aliphatic rings. The van der Waals surface area contributed by atoms with E-state index >= 15 is 0 Å². The van der Waals surface area contributed by atoms with Gasteiger partial charge in [0.05, 0.1) is 6.61 Å². The quantitative estimate of drug-likeness (QED) is 0.802. The van der Waals surface area contributed by atoms with Gasteiger partial charge in [0.2, 0.25) is 0 Å². The molecule has 0 heterocycles. The smallest absolute Gasteiger partial charge is 0.119 e. The zero-order valence-corrected chi connectivity index (χ0v) is 11.5. The zero-order valence-electron chi connectivity index (χ0n) is 10.8. The van der Waals surface area contributed by atoms with Gasteiger partial charge in [-0.25, -0.2) is 0 Å². The number of halogens is 1. The number of ether oxygens (including phenoxy) is 1. The van der Waals surface area contributed by atoms with Gasteiger partial charge in [-0.3, -0.25) is 0 Å². The first kappa shape index (κ1) is 13.9. The van der Waals surface area contributed by atoms with Crippen LogP contribution in [0, 0.1) is 0 Å². The molecular weight excluding hydrogens is 258 g/mol. The minimum atomic E-state index is 0.0121. The minimum Gasteiger partial charge on any atom is -0.494 e. The molecule has 0 aliphatic heterocycles. The summed E-state index contributed by atoms with van der Waals surface area (Å²) in [6.45, 7) is 0.679. The van der Waals surface area contributed by atoms with E-state index < -0.39 is 0 Å². The van der Waals surface area contributed by atoms with Crippen molar-refractivity contribution in [3.63, 3.8) is 0 Å². The second-order valence-electron chi connectivity index (χ2n) is 4.47. The van der Waals surface area contributed by atoms with E-state index in [2.05, 4.69) is 0 Å². The summed E-state index contributed by atoms with van der Waals surface area (Å²) in [5.74, 6) is 0.902. The topological polar surface area (TPSA) is 35.2 Å². The lowest BCUT2D eigenvalue weighted by atomic mass is 10.0. The largest absolute Gasteiger partial charge is 0.494 e. The molecule has 2 nitrogen and oxygen atoms in total. The second kappa shape index (κ2) is 7.17. The van der Waals surface area contributed by atoms with Crippen LogP contribution in [0.1, 0.15) is 24.4 Å². The fourth-order valence-corrected chi connectivity index (χ4v) is 2.11. The molecule has 0 saturated heterocycles. The lowest BCUT2D eigenvalue weighted by Gasteiger charge is -2.12. The van der Waals surface area contributed by atoms with E-state index in [-0.39, 0.29) is 6.04 Å². The van der Waals surface area contributed by atoms with Gasteiger partial charge in [-0.2, -0.15) is 0 Å². The van der Waals surface area contributed by atoms with Crippen molar-refractivity contribution in [2.45, 2.75) is 18.9 Å². The standard InChI is InChI=1S/C16H18ClNO/c17-14-7-4-6-13(12-14)16(18)10-5-11-19-15-8-2-1-3-9-15/h1-4,6-9,12,16H,5,10-11,18H2. The maximum absolute atomic E-state index is 6.13. The Balaban J connectivity index is 1.74. The maximum Gasteiger partial charge on any atom is 0.119 e. The van der Waals surface area contributed by atoms with Crippen molar-refractivity contribution in [2.75, 3.05) is 6.61 Å². The van der Waals surface area contributed by atoms with Gasteiger partial charge in [0.25, 0.3) is 0 Å². The fourth-order valence-electron chi connectivity index (χ4n) is 1.91. The Morgan fingerprint density at radius 3 is 2.58 bits per heavy atom. The first-order valence-corrected chi connectivity index (χ1v) is 6.82. The molecule has 0 bridgehead atoms. The summed E-state index contributed by atoms with van der Waals surface area (Å²) in [6, 6.07) is 17.5. The molecule has 2 N–H and O–H groups in total. The van der Waals surface area contributed by atoms with E-state index in [1.54, 1.807) is 0 Å². The molecule has 100 valence electrons. The van der Waals surface area contributed by atoms with E-state index in [4.69, 9.17) is 22.1 Å². The molecule has 2 aromatic rings. The van der Waals surface area contributed by atoms with Gasteiger partial charge in [-0.1, -0.05) is 41.9 Å². The molecule has 0 aromatic heterocycles. The van der Waals surface area contributed by atoms with Gasteiger partial charge in [-0.05, 0) is 42.7 Å². The summed E-state index contributed by atoms with van der Waals surface area (Å²) in [6.07, 6.45) is 1.80. The molecule has 1 unspecified atom stereocenters. The second-order valence-corrected chi connectivity index (χ2v) is 4.90. The van der Waals surface area contributed by atoms with E-state index in [1.165, 1.54) is 0 Å². The van der Waals surface area contributed by atoms with Crippen molar-refractivity contribution in [1.82, 2.24) is 0 Å². The Bertz CT molecular complexity index is 501. The van der Waals surface area contributed by atoms with E-state index in [9.17, 15) is 0 Å². The van der Waals surface area contributed by atoms with E-state index in [0.29, 0.717) is 6.61 Å². The summed E-state index contributed by atoms with van der Waals surface area (Å²) >= 11 is 5.95. The van der Waals surface area contributed by atoms with Crippen molar-refractivity contribution < 1.29 is 4.74 Å². The Morgan fingerprint density at radius 2 is 1.84 bits per heavy atom. The van der Waals surface area contributed by atoms with Crippen molar-refractivity contribution >= 4 is 11.6 Å². The lowest BCUT2D eigenvalue weighted by molar-refractivity contribution is 0.302. The summed E-state index contributed by atoms with van der Waals surface area (Å²) < 4.78 is 5.63. The van der Waals surface area contributed by atoms with Crippen molar-refractivity contribution in [3.8, 4) is 5.75 Å². The van der Waals surface area contributed by atoms with Crippen LogP contribution < -0.4 is 10.5 Å². The number of hydrogen-bond acceptors (Lipinski definition) is 2. The highest BCUT2D eigenvalue weighted by Gasteiger charge is 2.06. The molecule has 0 radical (unpaired) electrons. The summed E-state index contributed by atoms with van der Waals surface area (Å²) in [5, 5.41) is 0.730. The number of rotatable bonds is 6. The molecule has 2 rings (SSSR count).